The lowest BCUT2D eigenvalue weighted by Gasteiger charge is -2.30. The molecule has 290 valence electrons. The van der Waals surface area contributed by atoms with E-state index < -0.39 is 0 Å². The maximum atomic E-state index is 6.30. The van der Waals surface area contributed by atoms with Crippen LogP contribution in [0.4, 0.5) is 17.1 Å². The molecule has 0 amide bonds. The molecule has 0 fully saturated rings. The fourth-order valence-corrected chi connectivity index (χ4v) is 9.51. The maximum absolute atomic E-state index is 6.30. The van der Waals surface area contributed by atoms with Crippen LogP contribution in [0, 0.1) is 0 Å². The Hall–Kier alpha value is -8.20. The minimum atomic E-state index is 0.895. The van der Waals surface area contributed by atoms with Crippen LogP contribution in [0.2, 0.25) is 0 Å². The summed E-state index contributed by atoms with van der Waals surface area (Å²) in [5, 5.41) is 9.74. The van der Waals surface area contributed by atoms with Crippen LogP contribution in [0.15, 0.2) is 241 Å². The molecule has 62 heavy (non-hydrogen) atoms. The van der Waals surface area contributed by atoms with E-state index in [1.54, 1.807) is 0 Å². The van der Waals surface area contributed by atoms with E-state index in [9.17, 15) is 0 Å². The molecule has 12 rings (SSSR count). The molecule has 0 unspecified atom stereocenters. The zero-order chi connectivity index (χ0) is 41.0. The molecular weight excluding hydrogens is 751 g/mol. The average molecular weight is 790 g/mol. The summed E-state index contributed by atoms with van der Waals surface area (Å²) in [4.78, 5) is 2.44. The van der Waals surface area contributed by atoms with E-state index in [0.717, 1.165) is 66.8 Å². The second kappa shape index (κ2) is 14.8. The molecule has 1 aromatic heterocycles. The number of hydrogen-bond acceptors (Lipinski definition) is 2. The van der Waals surface area contributed by atoms with Gasteiger partial charge in [-0.3, -0.25) is 0 Å². The van der Waals surface area contributed by atoms with Gasteiger partial charge >= 0.3 is 0 Å². The molecule has 0 saturated carbocycles. The van der Waals surface area contributed by atoms with E-state index in [-0.39, 0.29) is 0 Å². The van der Waals surface area contributed by atoms with Crippen molar-refractivity contribution in [2.24, 2.45) is 0 Å². The molecule has 2 heteroatoms. The monoisotopic (exact) mass is 789 g/mol. The van der Waals surface area contributed by atoms with E-state index in [1.807, 2.05) is 12.1 Å². The van der Waals surface area contributed by atoms with Gasteiger partial charge in [-0.1, -0.05) is 194 Å². The molecule has 0 aliphatic rings. The van der Waals surface area contributed by atoms with Crippen molar-refractivity contribution in [1.82, 2.24) is 0 Å². The van der Waals surface area contributed by atoms with Crippen molar-refractivity contribution in [1.29, 1.82) is 0 Å². The van der Waals surface area contributed by atoms with Gasteiger partial charge in [-0.2, -0.15) is 0 Å². The van der Waals surface area contributed by atoms with Crippen molar-refractivity contribution >= 4 is 71.3 Å². The number of rotatable bonds is 7. The first-order valence-electron chi connectivity index (χ1n) is 21.2. The van der Waals surface area contributed by atoms with Gasteiger partial charge in [0.1, 0.15) is 11.2 Å². The Morgan fingerprint density at radius 3 is 1.65 bits per heavy atom. The van der Waals surface area contributed by atoms with Gasteiger partial charge in [0.2, 0.25) is 0 Å². The summed E-state index contributed by atoms with van der Waals surface area (Å²) in [6.07, 6.45) is 0. The highest BCUT2D eigenvalue weighted by atomic mass is 16.3. The number of anilines is 3. The largest absolute Gasteiger partial charge is 0.456 e. The second-order valence-corrected chi connectivity index (χ2v) is 16.0. The quantitative estimate of drug-likeness (QED) is 0.150. The van der Waals surface area contributed by atoms with Gasteiger partial charge in [-0.15, -0.1) is 0 Å². The highest BCUT2D eigenvalue weighted by molar-refractivity contribution is 6.14. The third-order valence-electron chi connectivity index (χ3n) is 12.5. The summed E-state index contributed by atoms with van der Waals surface area (Å²) >= 11 is 0. The summed E-state index contributed by atoms with van der Waals surface area (Å²) in [5.74, 6) is 0. The van der Waals surface area contributed by atoms with E-state index in [4.69, 9.17) is 4.42 Å². The van der Waals surface area contributed by atoms with Crippen molar-refractivity contribution < 1.29 is 4.42 Å². The molecule has 2 nitrogen and oxygen atoms in total. The molecule has 0 bridgehead atoms. The molecule has 0 atom stereocenters. The van der Waals surface area contributed by atoms with Gasteiger partial charge in [0.25, 0.3) is 0 Å². The molecule has 0 spiro atoms. The van der Waals surface area contributed by atoms with E-state index in [0.29, 0.717) is 0 Å². The van der Waals surface area contributed by atoms with Crippen LogP contribution in [0.25, 0.3) is 98.8 Å². The van der Waals surface area contributed by atoms with Gasteiger partial charge in [0.15, 0.2) is 0 Å². The molecule has 1 heterocycles. The number of fused-ring (bicyclic) bond motifs is 7. The van der Waals surface area contributed by atoms with Crippen LogP contribution in [-0.4, -0.2) is 0 Å². The van der Waals surface area contributed by atoms with Crippen molar-refractivity contribution in [2.45, 2.75) is 0 Å². The van der Waals surface area contributed by atoms with Crippen LogP contribution in [-0.2, 0) is 0 Å². The zero-order valence-corrected chi connectivity index (χ0v) is 33.9. The van der Waals surface area contributed by atoms with Gasteiger partial charge in [-0.25, -0.2) is 0 Å². The predicted octanol–water partition coefficient (Wildman–Crippen LogP) is 17.2. The summed E-state index contributed by atoms with van der Waals surface area (Å²) in [6, 6.07) is 85.6. The summed E-state index contributed by atoms with van der Waals surface area (Å²) in [6.45, 7) is 0. The lowest BCUT2D eigenvalue weighted by molar-refractivity contribution is 0.669. The minimum absolute atomic E-state index is 0.895. The molecule has 0 N–H and O–H groups in total. The molecule has 0 aliphatic carbocycles. The second-order valence-electron chi connectivity index (χ2n) is 16.0. The van der Waals surface area contributed by atoms with Gasteiger partial charge in [-0.05, 0) is 108 Å². The van der Waals surface area contributed by atoms with Gasteiger partial charge in [0.05, 0.1) is 11.4 Å². The fraction of sp³-hybridized carbons (Fsp3) is 0. The van der Waals surface area contributed by atoms with Crippen LogP contribution in [0.5, 0.6) is 0 Å². The minimum Gasteiger partial charge on any atom is -0.456 e. The summed E-state index contributed by atoms with van der Waals surface area (Å²) < 4.78 is 6.30. The Balaban J connectivity index is 1.03. The first-order valence-corrected chi connectivity index (χ1v) is 21.2. The van der Waals surface area contributed by atoms with Crippen molar-refractivity contribution in [3.63, 3.8) is 0 Å². The van der Waals surface area contributed by atoms with E-state index in [2.05, 4.69) is 229 Å². The molecular formula is C60H39NO. The number of hydrogen-bond donors (Lipinski definition) is 0. The standard InChI is InChI=1S/C60H39NO/c1-2-15-45-39-46(32-29-40(45)13-1)41-27-30-43(31-28-41)49-17-5-8-23-56(49)61(47-36-33-44(34-37-47)50-20-12-26-59-60(50)55-19-7-10-25-58(55)62-59)57-24-9-6-18-54(57)52-22-11-21-51-48-16-4-3-14-42(48)35-38-53(51)52/h1-39H. The first kappa shape index (κ1) is 35.7. The molecule has 11 aromatic carbocycles. The normalized spacial score (nSPS) is 11.5. The molecule has 0 aliphatic heterocycles. The Labute approximate surface area is 360 Å². The Morgan fingerprint density at radius 1 is 0.274 bits per heavy atom. The smallest absolute Gasteiger partial charge is 0.136 e. The lowest BCUT2D eigenvalue weighted by Crippen LogP contribution is -2.12. The van der Waals surface area contributed by atoms with Gasteiger partial charge < -0.3 is 9.32 Å². The SMILES string of the molecule is c1ccc(N(c2ccc(-c3cccc4oc5ccccc5c34)cc2)c2ccccc2-c2cccc3c2ccc2ccccc23)c(-c2ccc(-c3ccc4ccccc4c3)cc2)c1. The van der Waals surface area contributed by atoms with Crippen molar-refractivity contribution in [2.75, 3.05) is 4.90 Å². The average Bonchev–Trinajstić information content (AvgIpc) is 3.74. The van der Waals surface area contributed by atoms with Crippen molar-refractivity contribution in [3.8, 4) is 44.5 Å². The van der Waals surface area contributed by atoms with E-state index >= 15 is 0 Å². The number of nitrogens with zero attached hydrogens (tertiary/aromatic N) is 1. The Bertz CT molecular complexity index is 3630. The van der Waals surface area contributed by atoms with E-state index in [1.165, 1.54) is 49.0 Å². The first-order chi connectivity index (χ1) is 30.7. The number of para-hydroxylation sites is 3. The van der Waals surface area contributed by atoms with Gasteiger partial charge in [0, 0.05) is 27.6 Å². The Morgan fingerprint density at radius 2 is 0.806 bits per heavy atom. The zero-order valence-electron chi connectivity index (χ0n) is 33.9. The topological polar surface area (TPSA) is 16.4 Å². The molecule has 0 radical (unpaired) electrons. The summed E-state index contributed by atoms with van der Waals surface area (Å²) in [5.41, 5.74) is 14.4. The maximum Gasteiger partial charge on any atom is 0.136 e. The van der Waals surface area contributed by atoms with Crippen LogP contribution in [0.1, 0.15) is 0 Å². The number of furan rings is 1. The number of benzene rings is 11. The van der Waals surface area contributed by atoms with Crippen LogP contribution >= 0.6 is 0 Å². The van der Waals surface area contributed by atoms with Crippen LogP contribution < -0.4 is 4.90 Å². The lowest BCUT2D eigenvalue weighted by atomic mass is 9.92. The third-order valence-corrected chi connectivity index (χ3v) is 12.5. The summed E-state index contributed by atoms with van der Waals surface area (Å²) in [7, 11) is 0. The highest BCUT2D eigenvalue weighted by Gasteiger charge is 2.22. The predicted molar refractivity (Wildman–Crippen MR) is 263 cm³/mol. The molecule has 0 saturated heterocycles. The Kier molecular flexibility index (Phi) is 8.53. The van der Waals surface area contributed by atoms with Crippen molar-refractivity contribution in [3.05, 3.63) is 237 Å². The highest BCUT2D eigenvalue weighted by Crippen LogP contribution is 2.47. The third kappa shape index (κ3) is 6.04. The van der Waals surface area contributed by atoms with Crippen LogP contribution in [0.3, 0.4) is 0 Å². The molecule has 12 aromatic rings. The fourth-order valence-electron chi connectivity index (χ4n) is 9.51.